The van der Waals surface area contributed by atoms with Gasteiger partial charge in [0.1, 0.15) is 6.26 Å². The number of nitrogens with zero attached hydrogens (tertiary/aromatic N) is 2. The van der Waals surface area contributed by atoms with Crippen LogP contribution < -0.4 is 5.32 Å². The smallest absolute Gasteiger partial charge is 0.238 e. The van der Waals surface area contributed by atoms with E-state index in [9.17, 15) is 4.79 Å². The Hall–Kier alpha value is -1.96. The number of aromatic nitrogens is 1. The number of likely N-dealkylation sites (N-methyl/N-ethyl adjacent to an activating group) is 1. The van der Waals surface area contributed by atoms with Crippen molar-refractivity contribution in [1.29, 1.82) is 0 Å². The van der Waals surface area contributed by atoms with Crippen molar-refractivity contribution in [2.24, 2.45) is 0 Å². The molecule has 5 nitrogen and oxygen atoms in total. The third kappa shape index (κ3) is 4.78. The highest BCUT2D eigenvalue weighted by atomic mass is 79.9. The Morgan fingerprint density at radius 2 is 2.24 bits per heavy atom. The Morgan fingerprint density at radius 3 is 2.96 bits per heavy atom. The zero-order valence-electron chi connectivity index (χ0n) is 14.0. The maximum Gasteiger partial charge on any atom is 0.238 e. The molecule has 0 radical (unpaired) electrons. The van der Waals surface area contributed by atoms with Gasteiger partial charge in [0.15, 0.2) is 0 Å². The van der Waals surface area contributed by atoms with Gasteiger partial charge in [-0.1, -0.05) is 22.0 Å². The summed E-state index contributed by atoms with van der Waals surface area (Å²) in [5.74, 6) is 0.559. The molecule has 0 aliphatic heterocycles. The van der Waals surface area contributed by atoms with Crippen molar-refractivity contribution in [3.05, 3.63) is 57.7 Å². The normalized spacial score (nSPS) is 11.0. The van der Waals surface area contributed by atoms with Crippen LogP contribution >= 0.6 is 27.3 Å². The third-order valence-electron chi connectivity index (χ3n) is 3.59. The quantitative estimate of drug-likeness (QED) is 0.636. The second-order valence-electron chi connectivity index (χ2n) is 5.80. The molecule has 3 rings (SSSR count). The molecule has 0 aliphatic rings. The summed E-state index contributed by atoms with van der Waals surface area (Å²) in [5.41, 5.74) is 2.64. The van der Waals surface area contributed by atoms with E-state index in [4.69, 9.17) is 4.42 Å². The second-order valence-corrected chi connectivity index (χ2v) is 7.66. The summed E-state index contributed by atoms with van der Waals surface area (Å²) in [4.78, 5) is 19.6. The fraction of sp³-hybridized carbons (Fsp3) is 0.222. The van der Waals surface area contributed by atoms with Crippen molar-refractivity contribution in [2.45, 2.75) is 13.5 Å². The van der Waals surface area contributed by atoms with Gasteiger partial charge in [-0.3, -0.25) is 9.69 Å². The minimum atomic E-state index is -0.0603. The first-order valence-electron chi connectivity index (χ1n) is 7.74. The van der Waals surface area contributed by atoms with Crippen molar-refractivity contribution in [3.8, 4) is 10.8 Å². The monoisotopic (exact) mass is 419 g/mol. The number of aryl methyl sites for hydroxylation is 1. The lowest BCUT2D eigenvalue weighted by Crippen LogP contribution is -2.30. The highest BCUT2D eigenvalue weighted by Gasteiger charge is 2.12. The highest BCUT2D eigenvalue weighted by Crippen LogP contribution is 2.24. The van der Waals surface area contributed by atoms with Crippen molar-refractivity contribution < 1.29 is 9.21 Å². The van der Waals surface area contributed by atoms with E-state index >= 15 is 0 Å². The van der Waals surface area contributed by atoms with Gasteiger partial charge in [0.25, 0.3) is 0 Å². The molecule has 0 spiro atoms. The van der Waals surface area contributed by atoms with E-state index < -0.39 is 0 Å². The molecule has 1 amide bonds. The number of nitrogens with one attached hydrogen (secondary N) is 1. The van der Waals surface area contributed by atoms with Crippen molar-refractivity contribution in [3.63, 3.8) is 0 Å². The SMILES string of the molecule is Cc1cc(Br)ccc1NC(=O)CN(C)Cc1coc(-c2cccs2)n1. The Kier molecular flexibility index (Phi) is 5.67. The number of oxazole rings is 1. The van der Waals surface area contributed by atoms with Gasteiger partial charge < -0.3 is 9.73 Å². The van der Waals surface area contributed by atoms with E-state index in [-0.39, 0.29) is 12.5 Å². The molecule has 1 aromatic carbocycles. The summed E-state index contributed by atoms with van der Waals surface area (Å²) in [5, 5.41) is 4.92. The van der Waals surface area contributed by atoms with Crippen LogP contribution in [-0.2, 0) is 11.3 Å². The Bertz CT molecular complexity index is 861. The minimum Gasteiger partial charge on any atom is -0.444 e. The molecular formula is C18H18BrN3O2S. The molecule has 0 bridgehead atoms. The number of amides is 1. The lowest BCUT2D eigenvalue weighted by Gasteiger charge is -2.15. The van der Waals surface area contributed by atoms with E-state index in [0.29, 0.717) is 12.4 Å². The van der Waals surface area contributed by atoms with Gasteiger partial charge in [-0.05, 0) is 49.2 Å². The van der Waals surface area contributed by atoms with Crippen LogP contribution in [0.2, 0.25) is 0 Å². The average molecular weight is 420 g/mol. The van der Waals surface area contributed by atoms with Crippen LogP contribution in [0.3, 0.4) is 0 Å². The van der Waals surface area contributed by atoms with Crippen LogP contribution in [0.1, 0.15) is 11.3 Å². The molecule has 7 heteroatoms. The molecule has 1 N–H and O–H groups in total. The molecule has 0 saturated heterocycles. The maximum absolute atomic E-state index is 12.2. The number of carbonyl (C=O) groups excluding carboxylic acids is 1. The van der Waals surface area contributed by atoms with Crippen LogP contribution in [-0.4, -0.2) is 29.4 Å². The zero-order valence-corrected chi connectivity index (χ0v) is 16.4. The molecule has 3 aromatic rings. The Balaban J connectivity index is 1.55. The summed E-state index contributed by atoms with van der Waals surface area (Å²) >= 11 is 5.01. The molecule has 25 heavy (non-hydrogen) atoms. The van der Waals surface area contributed by atoms with E-state index in [1.54, 1.807) is 17.6 Å². The lowest BCUT2D eigenvalue weighted by molar-refractivity contribution is -0.117. The van der Waals surface area contributed by atoms with Gasteiger partial charge in [-0.15, -0.1) is 11.3 Å². The van der Waals surface area contributed by atoms with Crippen molar-refractivity contribution in [2.75, 3.05) is 18.9 Å². The number of halogens is 1. The molecule has 0 saturated carbocycles. The van der Waals surface area contributed by atoms with Crippen LogP contribution in [0, 0.1) is 6.92 Å². The van der Waals surface area contributed by atoms with Gasteiger partial charge in [0.2, 0.25) is 11.8 Å². The van der Waals surface area contributed by atoms with Gasteiger partial charge >= 0.3 is 0 Å². The first-order chi connectivity index (χ1) is 12.0. The predicted octanol–water partition coefficient (Wildman–Crippen LogP) is 4.54. The van der Waals surface area contributed by atoms with Crippen LogP contribution in [0.15, 0.2) is 50.9 Å². The molecule has 2 heterocycles. The number of thiophene rings is 1. The minimum absolute atomic E-state index is 0.0603. The van der Waals surface area contributed by atoms with Crippen molar-refractivity contribution in [1.82, 2.24) is 9.88 Å². The number of benzene rings is 1. The summed E-state index contributed by atoms with van der Waals surface area (Å²) in [6, 6.07) is 9.71. The summed E-state index contributed by atoms with van der Waals surface area (Å²) in [6.07, 6.45) is 1.64. The van der Waals surface area contributed by atoms with Gasteiger partial charge in [0.05, 0.1) is 17.1 Å². The molecule has 0 fully saturated rings. The average Bonchev–Trinajstić information content (AvgIpc) is 3.21. The molecule has 0 aliphatic carbocycles. The van der Waals surface area contributed by atoms with E-state index in [0.717, 1.165) is 26.3 Å². The van der Waals surface area contributed by atoms with Gasteiger partial charge in [-0.25, -0.2) is 4.98 Å². The largest absolute Gasteiger partial charge is 0.444 e. The topological polar surface area (TPSA) is 58.4 Å². The summed E-state index contributed by atoms with van der Waals surface area (Å²) in [7, 11) is 1.88. The fourth-order valence-corrected chi connectivity index (χ4v) is 3.56. The maximum atomic E-state index is 12.2. The van der Waals surface area contributed by atoms with Crippen molar-refractivity contribution >= 4 is 38.9 Å². The third-order valence-corrected chi connectivity index (χ3v) is 4.94. The first-order valence-corrected chi connectivity index (χ1v) is 9.41. The number of rotatable bonds is 6. The zero-order chi connectivity index (χ0) is 17.8. The van der Waals surface area contributed by atoms with Gasteiger partial charge in [0, 0.05) is 16.7 Å². The number of hydrogen-bond donors (Lipinski definition) is 1. The number of carbonyl (C=O) groups is 1. The second kappa shape index (κ2) is 7.95. The Labute approximate surface area is 158 Å². The van der Waals surface area contributed by atoms with E-state index in [1.165, 1.54) is 0 Å². The molecule has 0 unspecified atom stereocenters. The standard InChI is InChI=1S/C18H18BrN3O2S/c1-12-8-13(19)5-6-15(12)21-17(23)10-22(2)9-14-11-24-18(20-14)16-4-3-7-25-16/h3-8,11H,9-10H2,1-2H3,(H,21,23). The molecule has 130 valence electrons. The van der Waals surface area contributed by atoms with Crippen LogP contribution in [0.4, 0.5) is 5.69 Å². The number of hydrogen-bond acceptors (Lipinski definition) is 5. The summed E-state index contributed by atoms with van der Waals surface area (Å²) < 4.78 is 6.50. The summed E-state index contributed by atoms with van der Waals surface area (Å²) in [6.45, 7) is 2.78. The first kappa shape index (κ1) is 17.8. The van der Waals surface area contributed by atoms with Crippen LogP contribution in [0.5, 0.6) is 0 Å². The van der Waals surface area contributed by atoms with E-state index in [1.807, 2.05) is 54.6 Å². The molecule has 0 atom stereocenters. The molecule has 2 aromatic heterocycles. The van der Waals surface area contributed by atoms with Gasteiger partial charge in [-0.2, -0.15) is 0 Å². The predicted molar refractivity (Wildman–Crippen MR) is 104 cm³/mol. The van der Waals surface area contributed by atoms with E-state index in [2.05, 4.69) is 26.2 Å². The number of anilines is 1. The lowest BCUT2D eigenvalue weighted by atomic mass is 10.2. The van der Waals surface area contributed by atoms with Crippen LogP contribution in [0.25, 0.3) is 10.8 Å². The fourth-order valence-electron chi connectivity index (χ4n) is 2.43. The Morgan fingerprint density at radius 1 is 1.40 bits per heavy atom. The highest BCUT2D eigenvalue weighted by molar-refractivity contribution is 9.10. The molecular weight excluding hydrogens is 402 g/mol.